The monoisotopic (exact) mass is 423 g/mol. The highest BCUT2D eigenvalue weighted by atomic mass is 127. The second-order valence-corrected chi connectivity index (χ2v) is 7.07. The molecule has 0 amide bonds. The molecule has 4 nitrogen and oxygen atoms in total. The van der Waals surface area contributed by atoms with E-state index in [2.05, 4.69) is 24.5 Å². The molecule has 0 unspecified atom stereocenters. The Balaban J connectivity index is 0.00000242. The molecule has 1 saturated heterocycles. The van der Waals surface area contributed by atoms with Crippen molar-refractivity contribution >= 4 is 29.9 Å². The van der Waals surface area contributed by atoms with Gasteiger partial charge in [0.25, 0.3) is 0 Å². The topological polar surface area (TPSA) is 45.7 Å². The van der Waals surface area contributed by atoms with E-state index in [4.69, 9.17) is 9.73 Å². The van der Waals surface area contributed by atoms with E-state index in [1.54, 1.807) is 0 Å². The van der Waals surface area contributed by atoms with Crippen LogP contribution in [0, 0.1) is 11.3 Å². The van der Waals surface area contributed by atoms with Crippen molar-refractivity contribution in [2.45, 2.75) is 58.8 Å². The van der Waals surface area contributed by atoms with Crippen LogP contribution in [-0.2, 0) is 4.74 Å². The van der Waals surface area contributed by atoms with E-state index in [0.29, 0.717) is 0 Å². The summed E-state index contributed by atoms with van der Waals surface area (Å²) in [7, 11) is 0. The van der Waals surface area contributed by atoms with Crippen LogP contribution in [-0.4, -0.2) is 38.8 Å². The van der Waals surface area contributed by atoms with Gasteiger partial charge in [-0.1, -0.05) is 45.4 Å². The Morgan fingerprint density at radius 3 is 2.50 bits per heavy atom. The zero-order valence-electron chi connectivity index (χ0n) is 14.3. The maximum atomic E-state index is 5.28. The third kappa shape index (κ3) is 7.02. The van der Waals surface area contributed by atoms with Gasteiger partial charge in [-0.05, 0) is 19.3 Å². The van der Waals surface area contributed by atoms with Crippen LogP contribution >= 0.6 is 24.0 Å². The second-order valence-electron chi connectivity index (χ2n) is 7.07. The van der Waals surface area contributed by atoms with Crippen molar-refractivity contribution < 1.29 is 4.74 Å². The molecule has 2 fully saturated rings. The van der Waals surface area contributed by atoms with Crippen LogP contribution in [0.4, 0.5) is 0 Å². The zero-order chi connectivity index (χ0) is 15.0. The van der Waals surface area contributed by atoms with E-state index in [0.717, 1.165) is 44.7 Å². The van der Waals surface area contributed by atoms with E-state index in [9.17, 15) is 0 Å². The van der Waals surface area contributed by atoms with Gasteiger partial charge in [-0.25, -0.2) is 0 Å². The van der Waals surface area contributed by atoms with Crippen LogP contribution in [0.25, 0.3) is 0 Å². The van der Waals surface area contributed by atoms with Crippen LogP contribution in [0.3, 0.4) is 0 Å². The van der Waals surface area contributed by atoms with Crippen molar-refractivity contribution in [3.05, 3.63) is 0 Å². The van der Waals surface area contributed by atoms with E-state index in [1.165, 1.54) is 44.9 Å². The van der Waals surface area contributed by atoms with Gasteiger partial charge in [0.1, 0.15) is 0 Å². The Morgan fingerprint density at radius 1 is 1.18 bits per heavy atom. The summed E-state index contributed by atoms with van der Waals surface area (Å²) in [6.07, 6.45) is 9.89. The predicted molar refractivity (Wildman–Crippen MR) is 104 cm³/mol. The van der Waals surface area contributed by atoms with Crippen LogP contribution in [0.15, 0.2) is 4.99 Å². The number of unbranched alkanes of at least 4 members (excludes halogenated alkanes) is 1. The fourth-order valence-electron chi connectivity index (χ4n) is 3.22. The number of hydrogen-bond acceptors (Lipinski definition) is 2. The van der Waals surface area contributed by atoms with Gasteiger partial charge in [-0.15, -0.1) is 24.0 Å². The molecule has 0 aromatic rings. The molecule has 130 valence electrons. The van der Waals surface area contributed by atoms with Gasteiger partial charge in [0.05, 0.1) is 19.8 Å². The average molecular weight is 423 g/mol. The summed E-state index contributed by atoms with van der Waals surface area (Å²) in [6, 6.07) is 0. The lowest BCUT2D eigenvalue weighted by molar-refractivity contribution is -0.0945. The van der Waals surface area contributed by atoms with Gasteiger partial charge in [-0.2, -0.15) is 0 Å². The highest BCUT2D eigenvalue weighted by molar-refractivity contribution is 14.0. The summed E-state index contributed by atoms with van der Waals surface area (Å²) >= 11 is 0. The lowest BCUT2D eigenvalue weighted by Crippen LogP contribution is -2.44. The average Bonchev–Trinajstić information content (AvgIpc) is 2.95. The first-order valence-electron chi connectivity index (χ1n) is 8.82. The molecule has 0 atom stereocenters. The SMILES string of the molecule is CCNC(=NCC1(C)COC1)NCCCCC1CCCC1.I. The van der Waals surface area contributed by atoms with Gasteiger partial charge in [0.2, 0.25) is 0 Å². The number of ether oxygens (including phenoxy) is 1. The molecule has 0 bridgehead atoms. The number of nitrogens with one attached hydrogen (secondary N) is 2. The molecule has 2 aliphatic rings. The number of hydrogen-bond donors (Lipinski definition) is 2. The van der Waals surface area contributed by atoms with Crippen molar-refractivity contribution in [1.29, 1.82) is 0 Å². The minimum Gasteiger partial charge on any atom is -0.380 e. The molecule has 1 aliphatic carbocycles. The van der Waals surface area contributed by atoms with Gasteiger partial charge in [0, 0.05) is 18.5 Å². The number of guanidine groups is 1. The number of halogens is 1. The van der Waals surface area contributed by atoms with Crippen molar-refractivity contribution in [1.82, 2.24) is 10.6 Å². The third-order valence-corrected chi connectivity index (χ3v) is 4.67. The number of aliphatic imine (C=N–C) groups is 1. The first kappa shape index (κ1) is 20.0. The Hall–Kier alpha value is -0.0400. The van der Waals surface area contributed by atoms with Crippen molar-refractivity contribution in [2.24, 2.45) is 16.3 Å². The van der Waals surface area contributed by atoms with Gasteiger partial charge < -0.3 is 15.4 Å². The van der Waals surface area contributed by atoms with E-state index >= 15 is 0 Å². The highest BCUT2D eigenvalue weighted by Gasteiger charge is 2.33. The molecule has 0 aromatic carbocycles. The van der Waals surface area contributed by atoms with E-state index < -0.39 is 0 Å². The third-order valence-electron chi connectivity index (χ3n) is 4.67. The highest BCUT2D eigenvalue weighted by Crippen LogP contribution is 2.28. The number of rotatable bonds is 8. The zero-order valence-corrected chi connectivity index (χ0v) is 16.7. The molecule has 1 aliphatic heterocycles. The van der Waals surface area contributed by atoms with Gasteiger partial charge in [-0.3, -0.25) is 4.99 Å². The number of nitrogens with zero attached hydrogens (tertiary/aromatic N) is 1. The van der Waals surface area contributed by atoms with Crippen molar-refractivity contribution in [2.75, 3.05) is 32.8 Å². The van der Waals surface area contributed by atoms with E-state index in [-0.39, 0.29) is 29.4 Å². The van der Waals surface area contributed by atoms with Crippen LogP contribution < -0.4 is 10.6 Å². The fourth-order valence-corrected chi connectivity index (χ4v) is 3.22. The molecule has 5 heteroatoms. The maximum Gasteiger partial charge on any atom is 0.191 e. The molecule has 2 rings (SSSR count). The Labute approximate surface area is 153 Å². The second kappa shape index (κ2) is 10.7. The lowest BCUT2D eigenvalue weighted by Gasteiger charge is -2.36. The van der Waals surface area contributed by atoms with Crippen LogP contribution in [0.1, 0.15) is 58.8 Å². The minimum atomic E-state index is 0. The Kier molecular flexibility index (Phi) is 9.71. The molecule has 2 N–H and O–H groups in total. The largest absolute Gasteiger partial charge is 0.380 e. The summed E-state index contributed by atoms with van der Waals surface area (Å²) < 4.78 is 5.28. The normalized spacial score (nSPS) is 21.1. The van der Waals surface area contributed by atoms with Crippen molar-refractivity contribution in [3.63, 3.8) is 0 Å². The maximum absolute atomic E-state index is 5.28. The standard InChI is InChI=1S/C17H33N3O.HI/c1-3-18-16(20-12-17(2)13-21-14-17)19-11-7-6-10-15-8-4-5-9-15;/h15H,3-14H2,1-2H3,(H2,18,19,20);1H. The molecule has 22 heavy (non-hydrogen) atoms. The Bertz CT molecular complexity index is 326. The van der Waals surface area contributed by atoms with Gasteiger partial charge in [0.15, 0.2) is 5.96 Å². The summed E-state index contributed by atoms with van der Waals surface area (Å²) in [6.45, 7) is 8.85. The first-order chi connectivity index (χ1) is 10.2. The fraction of sp³-hybridized carbons (Fsp3) is 0.941. The van der Waals surface area contributed by atoms with Crippen LogP contribution in [0.5, 0.6) is 0 Å². The molecular weight excluding hydrogens is 389 g/mol. The first-order valence-corrected chi connectivity index (χ1v) is 8.82. The van der Waals surface area contributed by atoms with Crippen molar-refractivity contribution in [3.8, 4) is 0 Å². The molecule has 0 aromatic heterocycles. The molecule has 0 spiro atoms. The summed E-state index contributed by atoms with van der Waals surface area (Å²) in [5.74, 6) is 1.98. The summed E-state index contributed by atoms with van der Waals surface area (Å²) in [4.78, 5) is 4.70. The smallest absolute Gasteiger partial charge is 0.191 e. The molecule has 1 heterocycles. The molecule has 0 radical (unpaired) electrons. The predicted octanol–water partition coefficient (Wildman–Crippen LogP) is 3.56. The van der Waals surface area contributed by atoms with Gasteiger partial charge >= 0.3 is 0 Å². The van der Waals surface area contributed by atoms with E-state index in [1.807, 2.05) is 0 Å². The molecule has 1 saturated carbocycles. The summed E-state index contributed by atoms with van der Waals surface area (Å²) in [5.41, 5.74) is 0.255. The minimum absolute atomic E-state index is 0. The quantitative estimate of drug-likeness (QED) is 0.272. The lowest BCUT2D eigenvalue weighted by atomic mass is 9.89. The van der Waals surface area contributed by atoms with Crippen LogP contribution in [0.2, 0.25) is 0 Å². The summed E-state index contributed by atoms with van der Waals surface area (Å²) in [5, 5.41) is 6.80. The molecular formula is C17H34IN3O. The Morgan fingerprint density at radius 2 is 1.91 bits per heavy atom.